The van der Waals surface area contributed by atoms with Gasteiger partial charge in [-0.2, -0.15) is 13.2 Å². The van der Waals surface area contributed by atoms with Gasteiger partial charge in [0.05, 0.1) is 17.1 Å². The van der Waals surface area contributed by atoms with Crippen molar-refractivity contribution in [2.45, 2.75) is 26.1 Å². The molecule has 1 aromatic heterocycles. The molecule has 0 aliphatic carbocycles. The molecule has 2 saturated heterocycles. The molecular weight excluding hydrogens is 407 g/mol. The van der Waals surface area contributed by atoms with Crippen molar-refractivity contribution in [3.05, 3.63) is 22.8 Å². The first-order chi connectivity index (χ1) is 13.6. The first-order valence-electron chi connectivity index (χ1n) is 9.87. The summed E-state index contributed by atoms with van der Waals surface area (Å²) in [6.45, 7) is 10.4. The molecule has 0 atom stereocenters. The summed E-state index contributed by atoms with van der Waals surface area (Å²) in [6, 6.07) is 1.40. The largest absolute Gasteiger partial charge is 0.417 e. The van der Waals surface area contributed by atoms with Crippen LogP contribution in [0, 0.1) is 0 Å². The van der Waals surface area contributed by atoms with Gasteiger partial charge in [0, 0.05) is 64.6 Å². The molecule has 1 aromatic rings. The van der Waals surface area contributed by atoms with Gasteiger partial charge in [0.1, 0.15) is 5.82 Å². The fraction of sp³-hybridized carbons (Fsp3) is 0.684. The Balaban J connectivity index is 1.49. The number of hydrogen-bond acceptors (Lipinski definition) is 5. The van der Waals surface area contributed by atoms with Gasteiger partial charge in [-0.15, -0.1) is 0 Å². The summed E-state index contributed by atoms with van der Waals surface area (Å²) in [5.41, 5.74) is -0.854. The van der Waals surface area contributed by atoms with Crippen LogP contribution in [-0.4, -0.2) is 90.5 Å². The maximum Gasteiger partial charge on any atom is 0.417 e. The standard InChI is InChI=1S/C19H27ClF3N5O/c1-14(2)26-7-9-27(10-8-26)17(29)13-25-3-5-28(6-4-25)18-16(20)11-15(12-24-18)19(21,22)23/h11-12,14H,3-10,13H2,1-2H3. The normalized spacial score (nSPS) is 19.8. The summed E-state index contributed by atoms with van der Waals surface area (Å²) >= 11 is 6.04. The van der Waals surface area contributed by atoms with Gasteiger partial charge < -0.3 is 9.80 Å². The minimum absolute atomic E-state index is 0.00706. The second-order valence-corrected chi connectivity index (χ2v) is 8.21. The van der Waals surface area contributed by atoms with E-state index in [4.69, 9.17) is 11.6 Å². The minimum Gasteiger partial charge on any atom is -0.353 e. The maximum atomic E-state index is 12.8. The molecule has 3 heterocycles. The smallest absolute Gasteiger partial charge is 0.353 e. The lowest BCUT2D eigenvalue weighted by Crippen LogP contribution is -2.54. The Kier molecular flexibility index (Phi) is 6.90. The van der Waals surface area contributed by atoms with E-state index in [-0.39, 0.29) is 10.9 Å². The van der Waals surface area contributed by atoms with Crippen molar-refractivity contribution in [1.82, 2.24) is 19.7 Å². The van der Waals surface area contributed by atoms with Crippen molar-refractivity contribution in [3.63, 3.8) is 0 Å². The Morgan fingerprint density at radius 3 is 2.24 bits per heavy atom. The minimum atomic E-state index is -4.46. The molecule has 0 N–H and O–H groups in total. The Bertz CT molecular complexity index is 714. The number of anilines is 1. The summed E-state index contributed by atoms with van der Waals surface area (Å²) in [5.74, 6) is 0.489. The van der Waals surface area contributed by atoms with Crippen molar-refractivity contribution >= 4 is 23.3 Å². The molecule has 1 amide bonds. The average molecular weight is 434 g/mol. The summed E-state index contributed by atoms with van der Waals surface area (Å²) < 4.78 is 38.3. The van der Waals surface area contributed by atoms with Gasteiger partial charge in [-0.1, -0.05) is 11.6 Å². The molecule has 0 aromatic carbocycles. The van der Waals surface area contributed by atoms with E-state index >= 15 is 0 Å². The third-order valence-corrected chi connectivity index (χ3v) is 5.86. The summed E-state index contributed by atoms with van der Waals surface area (Å²) in [5, 5.41) is -0.00706. The molecule has 6 nitrogen and oxygen atoms in total. The van der Waals surface area contributed by atoms with Gasteiger partial charge in [-0.3, -0.25) is 14.6 Å². The second kappa shape index (κ2) is 9.06. The Hall–Kier alpha value is -1.58. The number of carbonyl (C=O) groups excluding carboxylic acids is 1. The molecule has 0 bridgehead atoms. The molecule has 3 rings (SSSR count). The van der Waals surface area contributed by atoms with Crippen LogP contribution in [0.3, 0.4) is 0 Å². The van der Waals surface area contributed by atoms with Crippen molar-refractivity contribution in [1.29, 1.82) is 0 Å². The van der Waals surface area contributed by atoms with Crippen LogP contribution >= 0.6 is 11.6 Å². The molecule has 0 unspecified atom stereocenters. The molecule has 0 radical (unpaired) electrons. The van der Waals surface area contributed by atoms with Crippen molar-refractivity contribution in [2.75, 3.05) is 63.8 Å². The highest BCUT2D eigenvalue weighted by Gasteiger charge is 2.32. The van der Waals surface area contributed by atoms with Gasteiger partial charge in [-0.25, -0.2) is 4.98 Å². The number of rotatable bonds is 4. The highest BCUT2D eigenvalue weighted by Crippen LogP contribution is 2.33. The van der Waals surface area contributed by atoms with E-state index in [0.717, 1.165) is 38.4 Å². The van der Waals surface area contributed by atoms with E-state index in [1.54, 1.807) is 0 Å². The van der Waals surface area contributed by atoms with Crippen LogP contribution in [0.5, 0.6) is 0 Å². The quantitative estimate of drug-likeness (QED) is 0.729. The molecular formula is C19H27ClF3N5O. The molecule has 162 valence electrons. The third-order valence-electron chi connectivity index (χ3n) is 5.58. The first kappa shape index (κ1) is 22.1. The highest BCUT2D eigenvalue weighted by atomic mass is 35.5. The Labute approximate surface area is 174 Å². The zero-order valence-electron chi connectivity index (χ0n) is 16.8. The molecule has 2 aliphatic heterocycles. The highest BCUT2D eigenvalue weighted by molar-refractivity contribution is 6.33. The third kappa shape index (κ3) is 5.52. The van der Waals surface area contributed by atoms with Gasteiger partial charge in [0.15, 0.2) is 0 Å². The topological polar surface area (TPSA) is 42.9 Å². The molecule has 0 saturated carbocycles. The summed E-state index contributed by atoms with van der Waals surface area (Å²) in [4.78, 5) is 24.7. The van der Waals surface area contributed by atoms with Crippen molar-refractivity contribution in [3.8, 4) is 0 Å². The second-order valence-electron chi connectivity index (χ2n) is 7.80. The predicted molar refractivity (Wildman–Crippen MR) is 106 cm³/mol. The van der Waals surface area contributed by atoms with Gasteiger partial charge in [0.25, 0.3) is 0 Å². The lowest BCUT2D eigenvalue weighted by atomic mass is 10.2. The number of hydrogen-bond donors (Lipinski definition) is 0. The van der Waals surface area contributed by atoms with Crippen molar-refractivity contribution < 1.29 is 18.0 Å². The van der Waals surface area contributed by atoms with E-state index < -0.39 is 11.7 Å². The fourth-order valence-corrected chi connectivity index (χ4v) is 4.00. The number of piperazine rings is 2. The van der Waals surface area contributed by atoms with Gasteiger partial charge in [0.2, 0.25) is 5.91 Å². The van der Waals surface area contributed by atoms with Crippen molar-refractivity contribution in [2.24, 2.45) is 0 Å². The van der Waals surface area contributed by atoms with E-state index in [2.05, 4.69) is 28.6 Å². The Morgan fingerprint density at radius 1 is 1.10 bits per heavy atom. The number of alkyl halides is 3. The lowest BCUT2D eigenvalue weighted by Gasteiger charge is -2.39. The SMILES string of the molecule is CC(C)N1CCN(C(=O)CN2CCN(c3ncc(C(F)(F)F)cc3Cl)CC2)CC1. The number of pyridine rings is 1. The number of aromatic nitrogens is 1. The van der Waals surface area contributed by atoms with E-state index in [9.17, 15) is 18.0 Å². The fourth-order valence-electron chi connectivity index (χ4n) is 3.72. The van der Waals surface area contributed by atoms with Crippen LogP contribution in [0.4, 0.5) is 19.0 Å². The molecule has 0 spiro atoms. The monoisotopic (exact) mass is 433 g/mol. The summed E-state index contributed by atoms with van der Waals surface area (Å²) in [7, 11) is 0. The van der Waals surface area contributed by atoms with E-state index in [1.807, 2.05) is 9.80 Å². The van der Waals surface area contributed by atoms with E-state index in [0.29, 0.717) is 44.6 Å². The zero-order chi connectivity index (χ0) is 21.2. The van der Waals surface area contributed by atoms with Crippen LogP contribution in [0.2, 0.25) is 5.02 Å². The Morgan fingerprint density at radius 2 is 1.72 bits per heavy atom. The van der Waals surface area contributed by atoms with Gasteiger partial charge in [-0.05, 0) is 19.9 Å². The zero-order valence-corrected chi connectivity index (χ0v) is 17.5. The lowest BCUT2D eigenvalue weighted by molar-refractivity contribution is -0.138. The average Bonchev–Trinajstić information content (AvgIpc) is 2.68. The molecule has 10 heteroatoms. The van der Waals surface area contributed by atoms with Crippen LogP contribution in [0.1, 0.15) is 19.4 Å². The predicted octanol–water partition coefficient (Wildman–Crippen LogP) is 2.43. The summed E-state index contributed by atoms with van der Waals surface area (Å²) in [6.07, 6.45) is -3.65. The number of carbonyl (C=O) groups is 1. The number of nitrogens with zero attached hydrogens (tertiary/aromatic N) is 5. The van der Waals surface area contributed by atoms with Gasteiger partial charge >= 0.3 is 6.18 Å². The molecule has 2 aliphatic rings. The molecule has 2 fully saturated rings. The van der Waals surface area contributed by atoms with Crippen LogP contribution in [0.25, 0.3) is 0 Å². The van der Waals surface area contributed by atoms with Crippen LogP contribution in [-0.2, 0) is 11.0 Å². The van der Waals surface area contributed by atoms with Crippen LogP contribution in [0.15, 0.2) is 12.3 Å². The number of amides is 1. The van der Waals surface area contributed by atoms with Crippen LogP contribution < -0.4 is 4.90 Å². The van der Waals surface area contributed by atoms with E-state index in [1.165, 1.54) is 0 Å². The first-order valence-corrected chi connectivity index (χ1v) is 10.2. The number of halogens is 4. The molecule has 29 heavy (non-hydrogen) atoms. The maximum absolute atomic E-state index is 12.8.